The Morgan fingerprint density at radius 2 is 2.00 bits per heavy atom. The highest BCUT2D eigenvalue weighted by Gasteiger charge is 2.26. The van der Waals surface area contributed by atoms with Crippen molar-refractivity contribution in [1.82, 2.24) is 9.97 Å². The van der Waals surface area contributed by atoms with Gasteiger partial charge in [-0.2, -0.15) is 0 Å². The number of para-hydroxylation sites is 1. The Labute approximate surface area is 162 Å². The van der Waals surface area contributed by atoms with E-state index in [9.17, 15) is 9.59 Å². The molecule has 142 valence electrons. The van der Waals surface area contributed by atoms with Crippen molar-refractivity contribution in [2.45, 2.75) is 26.7 Å². The zero-order valence-corrected chi connectivity index (χ0v) is 15.9. The number of aromatic amines is 1. The maximum Gasteiger partial charge on any atom is 0.276 e. The van der Waals surface area contributed by atoms with Crippen LogP contribution in [0.1, 0.15) is 33.7 Å². The first kappa shape index (κ1) is 18.0. The maximum absolute atomic E-state index is 13.0. The van der Waals surface area contributed by atoms with Crippen molar-refractivity contribution in [3.63, 3.8) is 0 Å². The second kappa shape index (κ2) is 7.31. The number of pyridine rings is 2. The molecule has 4 rings (SSSR count). The Hall–Kier alpha value is -3.41. The molecular weight excluding hydrogens is 354 g/mol. The van der Waals surface area contributed by atoms with Gasteiger partial charge < -0.3 is 14.6 Å². The molecule has 1 N–H and O–H groups in total. The van der Waals surface area contributed by atoms with Gasteiger partial charge in [0.1, 0.15) is 17.2 Å². The summed E-state index contributed by atoms with van der Waals surface area (Å²) in [5.74, 6) is 1.11. The third-order valence-corrected chi connectivity index (χ3v) is 4.87. The van der Waals surface area contributed by atoms with Gasteiger partial charge in [0.2, 0.25) is 0 Å². The van der Waals surface area contributed by atoms with Crippen molar-refractivity contribution in [2.75, 3.05) is 11.4 Å². The number of benzene rings is 1. The van der Waals surface area contributed by atoms with Crippen molar-refractivity contribution < 1.29 is 9.53 Å². The van der Waals surface area contributed by atoms with E-state index in [-0.39, 0.29) is 11.5 Å². The Morgan fingerprint density at radius 1 is 1.18 bits per heavy atom. The molecule has 0 spiro atoms. The number of amides is 1. The van der Waals surface area contributed by atoms with E-state index < -0.39 is 0 Å². The summed E-state index contributed by atoms with van der Waals surface area (Å²) in [7, 11) is 0. The summed E-state index contributed by atoms with van der Waals surface area (Å²) in [6.07, 6.45) is 2.97. The van der Waals surface area contributed by atoms with Crippen LogP contribution < -0.4 is 15.2 Å². The first-order valence-electron chi connectivity index (χ1n) is 9.27. The van der Waals surface area contributed by atoms with E-state index in [0.717, 1.165) is 23.4 Å². The summed E-state index contributed by atoms with van der Waals surface area (Å²) < 4.78 is 5.84. The lowest BCUT2D eigenvalue weighted by atomic mass is 10.0. The average molecular weight is 375 g/mol. The van der Waals surface area contributed by atoms with Gasteiger partial charge in [0, 0.05) is 17.8 Å². The number of aryl methyl sites for hydroxylation is 2. The summed E-state index contributed by atoms with van der Waals surface area (Å²) >= 11 is 0. The highest BCUT2D eigenvalue weighted by molar-refractivity contribution is 6.05. The molecule has 1 aliphatic rings. The van der Waals surface area contributed by atoms with E-state index in [0.29, 0.717) is 35.7 Å². The van der Waals surface area contributed by atoms with Crippen LogP contribution in [0.15, 0.2) is 53.5 Å². The summed E-state index contributed by atoms with van der Waals surface area (Å²) in [6, 6.07) is 13.0. The molecule has 3 heterocycles. The lowest BCUT2D eigenvalue weighted by Gasteiger charge is -2.29. The van der Waals surface area contributed by atoms with E-state index in [1.165, 1.54) is 0 Å². The summed E-state index contributed by atoms with van der Waals surface area (Å²) in [5, 5.41) is 0. The van der Waals surface area contributed by atoms with Gasteiger partial charge in [-0.3, -0.25) is 9.59 Å². The predicted octanol–water partition coefficient (Wildman–Crippen LogP) is 3.77. The van der Waals surface area contributed by atoms with Crippen LogP contribution in [0, 0.1) is 13.8 Å². The molecule has 0 atom stereocenters. The number of hydrogen-bond donors (Lipinski definition) is 1. The summed E-state index contributed by atoms with van der Waals surface area (Å²) in [5.41, 5.74) is 3.29. The molecular formula is C22H21N3O3. The molecule has 0 saturated carbocycles. The molecule has 0 aliphatic carbocycles. The standard InChI is InChI=1S/C22H21N3O3/c1-14-6-3-4-8-20(14)28-16-9-10-18(23-13-16)22(27)25-11-5-7-17-19(25)12-15(2)24-21(17)26/h3-4,6,8-10,12-13H,5,7,11H2,1-2H3,(H,24,26). The Kier molecular flexibility index (Phi) is 4.69. The normalized spacial score (nSPS) is 13.1. The fourth-order valence-electron chi connectivity index (χ4n) is 3.43. The van der Waals surface area contributed by atoms with Crippen LogP contribution in [0.2, 0.25) is 0 Å². The Balaban J connectivity index is 1.58. The summed E-state index contributed by atoms with van der Waals surface area (Å²) in [6.45, 7) is 4.35. The molecule has 1 aliphatic heterocycles. The maximum atomic E-state index is 13.0. The number of carbonyl (C=O) groups excluding carboxylic acids is 1. The van der Waals surface area contributed by atoms with Gasteiger partial charge in [0.15, 0.2) is 0 Å². The fourth-order valence-corrected chi connectivity index (χ4v) is 3.43. The monoisotopic (exact) mass is 375 g/mol. The molecule has 1 amide bonds. The highest BCUT2D eigenvalue weighted by atomic mass is 16.5. The molecule has 1 aromatic carbocycles. The zero-order chi connectivity index (χ0) is 19.7. The van der Waals surface area contributed by atoms with Gasteiger partial charge in [-0.25, -0.2) is 4.98 Å². The number of hydrogen-bond acceptors (Lipinski definition) is 4. The Bertz CT molecular complexity index is 1090. The zero-order valence-electron chi connectivity index (χ0n) is 15.9. The van der Waals surface area contributed by atoms with E-state index in [4.69, 9.17) is 4.74 Å². The van der Waals surface area contributed by atoms with Crippen LogP contribution in [0.4, 0.5) is 5.69 Å². The van der Waals surface area contributed by atoms with Crippen LogP contribution in [0.25, 0.3) is 0 Å². The minimum atomic E-state index is -0.214. The van der Waals surface area contributed by atoms with Gasteiger partial charge in [0.25, 0.3) is 11.5 Å². The first-order valence-corrected chi connectivity index (χ1v) is 9.27. The minimum absolute atomic E-state index is 0.123. The number of H-pyrrole nitrogens is 1. The second-order valence-electron chi connectivity index (χ2n) is 6.95. The van der Waals surface area contributed by atoms with E-state index in [2.05, 4.69) is 9.97 Å². The van der Waals surface area contributed by atoms with E-state index in [1.807, 2.05) is 44.2 Å². The number of fused-ring (bicyclic) bond motifs is 1. The van der Waals surface area contributed by atoms with Crippen molar-refractivity contribution in [1.29, 1.82) is 0 Å². The first-order chi connectivity index (χ1) is 13.5. The van der Waals surface area contributed by atoms with Gasteiger partial charge in [-0.05, 0) is 56.5 Å². The number of nitrogens with one attached hydrogen (secondary N) is 1. The predicted molar refractivity (Wildman–Crippen MR) is 107 cm³/mol. The molecule has 2 aromatic heterocycles. The largest absolute Gasteiger partial charge is 0.455 e. The number of nitrogens with zero attached hydrogens (tertiary/aromatic N) is 2. The van der Waals surface area contributed by atoms with Crippen LogP contribution in [0.5, 0.6) is 11.5 Å². The SMILES string of the molecule is Cc1cc2c(c(=O)[nH]1)CCCN2C(=O)c1ccc(Oc2ccccc2C)cn1. The molecule has 6 heteroatoms. The van der Waals surface area contributed by atoms with Crippen molar-refractivity contribution >= 4 is 11.6 Å². The topological polar surface area (TPSA) is 75.3 Å². The quantitative estimate of drug-likeness (QED) is 0.756. The van der Waals surface area contributed by atoms with Gasteiger partial charge >= 0.3 is 0 Å². The van der Waals surface area contributed by atoms with Crippen molar-refractivity contribution in [2.24, 2.45) is 0 Å². The molecule has 0 radical (unpaired) electrons. The van der Waals surface area contributed by atoms with Crippen LogP contribution >= 0.6 is 0 Å². The molecule has 0 unspecified atom stereocenters. The Morgan fingerprint density at radius 3 is 2.75 bits per heavy atom. The lowest BCUT2D eigenvalue weighted by molar-refractivity contribution is 0.0980. The lowest BCUT2D eigenvalue weighted by Crippen LogP contribution is -2.38. The van der Waals surface area contributed by atoms with E-state index >= 15 is 0 Å². The minimum Gasteiger partial charge on any atom is -0.455 e. The third kappa shape index (κ3) is 3.41. The molecule has 0 bridgehead atoms. The van der Waals surface area contributed by atoms with Gasteiger partial charge in [0.05, 0.1) is 11.9 Å². The number of anilines is 1. The van der Waals surface area contributed by atoms with Crippen LogP contribution in [0.3, 0.4) is 0 Å². The molecule has 28 heavy (non-hydrogen) atoms. The second-order valence-corrected chi connectivity index (χ2v) is 6.95. The average Bonchev–Trinajstić information content (AvgIpc) is 2.69. The smallest absolute Gasteiger partial charge is 0.276 e. The van der Waals surface area contributed by atoms with Crippen molar-refractivity contribution in [3.05, 3.63) is 81.5 Å². The molecule has 0 saturated heterocycles. The number of carbonyl (C=O) groups is 1. The number of rotatable bonds is 3. The fraction of sp³-hybridized carbons (Fsp3) is 0.227. The van der Waals surface area contributed by atoms with Crippen LogP contribution in [-0.2, 0) is 6.42 Å². The third-order valence-electron chi connectivity index (χ3n) is 4.87. The highest BCUT2D eigenvalue weighted by Crippen LogP contribution is 2.27. The number of aromatic nitrogens is 2. The van der Waals surface area contributed by atoms with E-state index in [1.54, 1.807) is 23.2 Å². The molecule has 3 aromatic rings. The summed E-state index contributed by atoms with van der Waals surface area (Å²) in [4.78, 5) is 34.0. The molecule has 0 fully saturated rings. The number of ether oxygens (including phenoxy) is 1. The molecule has 6 nitrogen and oxygen atoms in total. The van der Waals surface area contributed by atoms with Gasteiger partial charge in [-0.1, -0.05) is 18.2 Å². The van der Waals surface area contributed by atoms with Crippen LogP contribution in [-0.4, -0.2) is 22.4 Å². The van der Waals surface area contributed by atoms with Gasteiger partial charge in [-0.15, -0.1) is 0 Å². The van der Waals surface area contributed by atoms with Crippen molar-refractivity contribution in [3.8, 4) is 11.5 Å².